The third kappa shape index (κ3) is 2.42. The molecule has 0 bridgehead atoms. The van der Waals surface area contributed by atoms with Crippen LogP contribution in [0.1, 0.15) is 30.7 Å². The molecule has 0 radical (unpaired) electrons. The Morgan fingerprint density at radius 3 is 2.45 bits per heavy atom. The minimum Gasteiger partial charge on any atom is -0.871 e. The number of carbonyl (C=O) groups excluding carboxylic acids is 1. The number of Topliss-reactive ketones (excluding diaryl/α,β-unsaturated/α-hetero) is 1. The summed E-state index contributed by atoms with van der Waals surface area (Å²) in [6, 6.07) is 16.0. The number of allylic oxidation sites excluding steroid dienone is 3. The van der Waals surface area contributed by atoms with Gasteiger partial charge in [-0.15, -0.1) is 0 Å². The average Bonchev–Trinajstić information content (AvgIpc) is 3.14. The molecule has 2 aliphatic rings. The Hall–Kier alpha value is -3.66. The number of hydrogen-bond donors (Lipinski definition) is 0. The second-order valence-electron chi connectivity index (χ2n) is 8.71. The molecule has 31 heavy (non-hydrogen) atoms. The Labute approximate surface area is 181 Å². The fourth-order valence-corrected chi connectivity index (χ4v) is 5.11. The maximum absolute atomic E-state index is 13.3. The number of nitrogens with zero attached hydrogens (tertiary/aromatic N) is 2. The molecule has 0 unspecified atom stereocenters. The van der Waals surface area contributed by atoms with Gasteiger partial charge in [-0.3, -0.25) is 4.79 Å². The van der Waals surface area contributed by atoms with Crippen LogP contribution in [-0.4, -0.2) is 27.7 Å². The van der Waals surface area contributed by atoms with Crippen molar-refractivity contribution < 1.29 is 14.5 Å². The van der Waals surface area contributed by atoms with Crippen molar-refractivity contribution in [3.8, 4) is 0 Å². The minimum absolute atomic E-state index is 0.187. The van der Waals surface area contributed by atoms with Crippen LogP contribution in [0.5, 0.6) is 0 Å². The van der Waals surface area contributed by atoms with Gasteiger partial charge >= 0.3 is 0 Å². The molecule has 0 spiro atoms. The molecule has 4 nitrogen and oxygen atoms in total. The summed E-state index contributed by atoms with van der Waals surface area (Å²) in [6.45, 7) is 10.1. The molecule has 2 aromatic carbocycles. The van der Waals surface area contributed by atoms with Gasteiger partial charge in [-0.2, -0.15) is 4.58 Å². The predicted octanol–water partition coefficient (Wildman–Crippen LogP) is 4.34. The fraction of sp³-hybridized carbons (Fsp3) is 0.185. The average molecular weight is 409 g/mol. The summed E-state index contributed by atoms with van der Waals surface area (Å²) >= 11 is 0. The van der Waals surface area contributed by atoms with Gasteiger partial charge in [-0.1, -0.05) is 48.7 Å². The second-order valence-corrected chi connectivity index (χ2v) is 8.71. The van der Waals surface area contributed by atoms with Crippen LogP contribution in [0.4, 0.5) is 5.69 Å². The summed E-state index contributed by atoms with van der Waals surface area (Å²) < 4.78 is 4.01. The van der Waals surface area contributed by atoms with Gasteiger partial charge in [0.05, 0.1) is 10.9 Å². The summed E-state index contributed by atoms with van der Waals surface area (Å²) in [7, 11) is 1.99. The Bertz CT molecular complexity index is 1410. The molecule has 3 aromatic rings. The second kappa shape index (κ2) is 6.42. The lowest BCUT2D eigenvalue weighted by Gasteiger charge is -2.31. The predicted molar refractivity (Wildman–Crippen MR) is 123 cm³/mol. The third-order valence-electron chi connectivity index (χ3n) is 6.75. The summed E-state index contributed by atoms with van der Waals surface area (Å²) in [5.41, 5.74) is 6.01. The molecule has 1 aliphatic carbocycles. The molecule has 2 heterocycles. The molecule has 0 N–H and O–H groups in total. The quantitative estimate of drug-likeness (QED) is 0.478. The lowest BCUT2D eigenvalue weighted by Crippen LogP contribution is -2.33. The van der Waals surface area contributed by atoms with Crippen LogP contribution in [-0.2, 0) is 10.2 Å². The van der Waals surface area contributed by atoms with Crippen LogP contribution >= 0.6 is 0 Å². The van der Waals surface area contributed by atoms with Gasteiger partial charge in [-0.05, 0) is 26.8 Å². The SMILES string of the molecule is C=Cn1c(C)c(C2=C([O-])/C(=C/C3=[N+](C)c4ccccc4C3(C)C)C2=O)c2ccccc21. The van der Waals surface area contributed by atoms with Crippen LogP contribution in [0, 0.1) is 6.92 Å². The van der Waals surface area contributed by atoms with E-state index >= 15 is 0 Å². The highest BCUT2D eigenvalue weighted by molar-refractivity contribution is 6.41. The van der Waals surface area contributed by atoms with E-state index in [0.29, 0.717) is 0 Å². The highest BCUT2D eigenvalue weighted by Gasteiger charge is 2.44. The Morgan fingerprint density at radius 2 is 1.77 bits per heavy atom. The zero-order valence-corrected chi connectivity index (χ0v) is 18.2. The van der Waals surface area contributed by atoms with Crippen molar-refractivity contribution in [2.75, 3.05) is 7.05 Å². The van der Waals surface area contributed by atoms with Crippen LogP contribution in [0.15, 0.2) is 72.5 Å². The Balaban J connectivity index is 1.67. The molecule has 5 rings (SSSR count). The zero-order chi connectivity index (χ0) is 22.1. The van der Waals surface area contributed by atoms with Crippen molar-refractivity contribution in [2.45, 2.75) is 26.2 Å². The molecule has 4 heteroatoms. The maximum atomic E-state index is 13.3. The molecule has 154 valence electrons. The number of rotatable bonds is 3. The van der Waals surface area contributed by atoms with Gasteiger partial charge in [0, 0.05) is 51.7 Å². The van der Waals surface area contributed by atoms with E-state index in [1.807, 2.05) is 54.9 Å². The van der Waals surface area contributed by atoms with E-state index < -0.39 is 0 Å². The minimum atomic E-state index is -0.288. The molecular weight excluding hydrogens is 384 g/mol. The van der Waals surface area contributed by atoms with Crippen LogP contribution < -0.4 is 5.11 Å². The first-order valence-electron chi connectivity index (χ1n) is 10.4. The van der Waals surface area contributed by atoms with Crippen LogP contribution in [0.3, 0.4) is 0 Å². The van der Waals surface area contributed by atoms with Crippen molar-refractivity contribution in [3.05, 3.63) is 89.3 Å². The number of aromatic nitrogens is 1. The molecule has 0 atom stereocenters. The summed E-state index contributed by atoms with van der Waals surface area (Å²) in [6.07, 6.45) is 3.51. The van der Waals surface area contributed by atoms with Gasteiger partial charge < -0.3 is 9.67 Å². The van der Waals surface area contributed by atoms with Crippen molar-refractivity contribution in [3.63, 3.8) is 0 Å². The molecule has 1 aromatic heterocycles. The topological polar surface area (TPSA) is 48.1 Å². The van der Waals surface area contributed by atoms with Gasteiger partial charge in [0.1, 0.15) is 7.05 Å². The number of carbonyl (C=O) groups is 1. The zero-order valence-electron chi connectivity index (χ0n) is 18.2. The smallest absolute Gasteiger partial charge is 0.209 e. The Morgan fingerprint density at radius 1 is 1.10 bits per heavy atom. The van der Waals surface area contributed by atoms with Crippen LogP contribution in [0.2, 0.25) is 0 Å². The van der Waals surface area contributed by atoms with E-state index in [4.69, 9.17) is 0 Å². The van der Waals surface area contributed by atoms with E-state index in [0.717, 1.165) is 33.6 Å². The van der Waals surface area contributed by atoms with E-state index in [1.165, 1.54) is 5.56 Å². The molecule has 0 saturated carbocycles. The van der Waals surface area contributed by atoms with Crippen molar-refractivity contribution >= 4 is 39.9 Å². The number of ketones is 1. The van der Waals surface area contributed by atoms with E-state index in [9.17, 15) is 9.90 Å². The summed E-state index contributed by atoms with van der Waals surface area (Å²) in [5.74, 6) is -0.375. The van der Waals surface area contributed by atoms with Gasteiger partial charge in [0.15, 0.2) is 11.5 Å². The van der Waals surface area contributed by atoms with Gasteiger partial charge in [-0.25, -0.2) is 0 Å². The van der Waals surface area contributed by atoms with Crippen molar-refractivity contribution in [1.82, 2.24) is 4.57 Å². The highest BCUT2D eigenvalue weighted by atomic mass is 16.3. The number of para-hydroxylation sites is 2. The van der Waals surface area contributed by atoms with E-state index in [1.54, 1.807) is 12.3 Å². The maximum Gasteiger partial charge on any atom is 0.209 e. The van der Waals surface area contributed by atoms with E-state index in [-0.39, 0.29) is 28.1 Å². The lowest BCUT2D eigenvalue weighted by molar-refractivity contribution is -0.401. The lowest BCUT2D eigenvalue weighted by atomic mass is 9.77. The monoisotopic (exact) mass is 408 g/mol. The summed E-state index contributed by atoms with van der Waals surface area (Å²) in [5, 5.41) is 14.1. The first-order chi connectivity index (χ1) is 14.8. The summed E-state index contributed by atoms with van der Waals surface area (Å²) in [4.78, 5) is 13.3. The highest BCUT2D eigenvalue weighted by Crippen LogP contribution is 2.43. The van der Waals surface area contributed by atoms with Gasteiger partial charge in [0.2, 0.25) is 5.69 Å². The standard InChI is InChI=1S/C27H24N2O2/c1-6-29-16(2)23(17-11-7-9-13-20(17)29)24-25(30)18(26(24)31)15-22-27(3,4)19-12-8-10-14-21(19)28(22)5/h6-15H,1H2,2-5H3. The van der Waals surface area contributed by atoms with Gasteiger partial charge in [0.25, 0.3) is 0 Å². The fourth-order valence-electron chi connectivity index (χ4n) is 5.11. The number of hydrogen-bond acceptors (Lipinski definition) is 2. The van der Waals surface area contributed by atoms with Crippen LogP contribution in [0.25, 0.3) is 22.7 Å². The third-order valence-corrected chi connectivity index (χ3v) is 6.75. The molecule has 0 amide bonds. The molecular formula is C27H24N2O2. The molecule has 0 fully saturated rings. The normalized spacial score (nSPS) is 18.7. The Kier molecular flexibility index (Phi) is 4.00. The molecule has 1 aliphatic heterocycles. The first-order valence-corrected chi connectivity index (χ1v) is 10.4. The number of benzene rings is 2. The van der Waals surface area contributed by atoms with Crippen molar-refractivity contribution in [1.29, 1.82) is 0 Å². The molecule has 0 saturated heterocycles. The van der Waals surface area contributed by atoms with E-state index in [2.05, 4.69) is 37.1 Å². The number of fused-ring (bicyclic) bond motifs is 2. The first kappa shape index (κ1) is 19.3. The van der Waals surface area contributed by atoms with Crippen molar-refractivity contribution in [2.24, 2.45) is 0 Å². The largest absolute Gasteiger partial charge is 0.871 e.